The summed E-state index contributed by atoms with van der Waals surface area (Å²) in [4.78, 5) is 0. The van der Waals surface area contributed by atoms with Crippen LogP contribution in [-0.2, 0) is 13.0 Å². The van der Waals surface area contributed by atoms with Crippen LogP contribution in [0.5, 0.6) is 11.5 Å². The van der Waals surface area contributed by atoms with Gasteiger partial charge in [0.1, 0.15) is 18.1 Å². The van der Waals surface area contributed by atoms with Crippen LogP contribution < -0.4 is 15.2 Å². The minimum absolute atomic E-state index is 0.159. The van der Waals surface area contributed by atoms with Crippen molar-refractivity contribution in [2.75, 3.05) is 7.11 Å². The Morgan fingerprint density at radius 2 is 1.81 bits per heavy atom. The number of rotatable bonds is 6. The molecule has 3 N–H and O–H groups in total. The summed E-state index contributed by atoms with van der Waals surface area (Å²) in [6.45, 7) is 0.481. The van der Waals surface area contributed by atoms with Crippen LogP contribution in [0.3, 0.4) is 0 Å². The molecule has 0 aliphatic rings. The van der Waals surface area contributed by atoms with E-state index in [1.54, 1.807) is 7.11 Å². The van der Waals surface area contributed by atoms with Crippen LogP contribution in [0.4, 0.5) is 0 Å². The fraction of sp³-hybridized carbons (Fsp3) is 0.188. The molecule has 2 aromatic rings. The van der Waals surface area contributed by atoms with Gasteiger partial charge in [0, 0.05) is 6.42 Å². The Morgan fingerprint density at radius 3 is 2.38 bits per heavy atom. The van der Waals surface area contributed by atoms with E-state index in [0.29, 0.717) is 13.0 Å². The maximum Gasteiger partial charge on any atom is 0.133 e. The van der Waals surface area contributed by atoms with Crippen LogP contribution in [0.1, 0.15) is 11.1 Å². The molecule has 5 heteroatoms. The van der Waals surface area contributed by atoms with Crippen molar-refractivity contribution in [1.82, 2.24) is 0 Å². The lowest BCUT2D eigenvalue weighted by atomic mass is 10.1. The smallest absolute Gasteiger partial charge is 0.133 e. The summed E-state index contributed by atoms with van der Waals surface area (Å²) in [5.74, 6) is 1.74. The molecule has 0 saturated heterocycles. The van der Waals surface area contributed by atoms with Gasteiger partial charge >= 0.3 is 0 Å². The molecular weight excluding hydrogens is 332 g/mol. The zero-order valence-electron chi connectivity index (χ0n) is 11.7. The number of benzene rings is 2. The van der Waals surface area contributed by atoms with Gasteiger partial charge in [-0.05, 0) is 51.3 Å². The second-order valence-corrected chi connectivity index (χ2v) is 5.46. The fourth-order valence-corrected chi connectivity index (χ4v) is 2.48. The number of hydrogen-bond acceptors (Lipinski definition) is 3. The van der Waals surface area contributed by atoms with Gasteiger partial charge in [-0.1, -0.05) is 18.2 Å². The molecule has 110 valence electrons. The van der Waals surface area contributed by atoms with Crippen molar-refractivity contribution in [2.24, 2.45) is 5.73 Å². The molecule has 0 fully saturated rings. The first-order valence-corrected chi connectivity index (χ1v) is 7.25. The van der Waals surface area contributed by atoms with Crippen molar-refractivity contribution < 1.29 is 9.47 Å². The van der Waals surface area contributed by atoms with Crippen LogP contribution in [0, 0.1) is 5.41 Å². The molecular formula is C16H17BrN2O2. The highest BCUT2D eigenvalue weighted by atomic mass is 79.9. The minimum atomic E-state index is 0.159. The van der Waals surface area contributed by atoms with E-state index >= 15 is 0 Å². The van der Waals surface area contributed by atoms with Crippen LogP contribution in [-0.4, -0.2) is 12.9 Å². The first kappa shape index (κ1) is 15.4. The van der Waals surface area contributed by atoms with Gasteiger partial charge in [0.2, 0.25) is 0 Å². The van der Waals surface area contributed by atoms with Gasteiger partial charge in [0.15, 0.2) is 0 Å². The predicted octanol–water partition coefficient (Wildman–Crippen LogP) is 3.52. The first-order chi connectivity index (χ1) is 10.1. The minimum Gasteiger partial charge on any atom is -0.496 e. The maximum atomic E-state index is 7.26. The number of hydrogen-bond donors (Lipinski definition) is 2. The van der Waals surface area contributed by atoms with Crippen LogP contribution in [0.2, 0.25) is 0 Å². The lowest BCUT2D eigenvalue weighted by Crippen LogP contribution is -2.12. The van der Waals surface area contributed by atoms with Gasteiger partial charge in [-0.2, -0.15) is 0 Å². The molecule has 0 saturated carbocycles. The normalized spacial score (nSPS) is 10.2. The van der Waals surface area contributed by atoms with Crippen molar-refractivity contribution in [3.05, 3.63) is 58.1 Å². The van der Waals surface area contributed by atoms with E-state index in [1.165, 1.54) is 0 Å². The zero-order chi connectivity index (χ0) is 15.2. The zero-order valence-corrected chi connectivity index (χ0v) is 13.3. The van der Waals surface area contributed by atoms with Crippen LogP contribution in [0.25, 0.3) is 0 Å². The summed E-state index contributed by atoms with van der Waals surface area (Å²) >= 11 is 3.45. The molecule has 0 heterocycles. The van der Waals surface area contributed by atoms with Crippen molar-refractivity contribution in [2.45, 2.75) is 13.0 Å². The van der Waals surface area contributed by atoms with E-state index in [0.717, 1.165) is 27.1 Å². The Bertz CT molecular complexity index is 627. The molecule has 0 radical (unpaired) electrons. The predicted molar refractivity (Wildman–Crippen MR) is 87.1 cm³/mol. The molecule has 0 unspecified atom stereocenters. The second kappa shape index (κ2) is 7.13. The molecule has 4 nitrogen and oxygen atoms in total. The third-order valence-corrected chi connectivity index (χ3v) is 3.56. The van der Waals surface area contributed by atoms with Crippen molar-refractivity contribution >= 4 is 21.8 Å². The molecule has 0 aromatic heterocycles. The third-order valence-electron chi connectivity index (χ3n) is 2.94. The number of amidine groups is 1. The van der Waals surface area contributed by atoms with E-state index in [-0.39, 0.29) is 5.84 Å². The lowest BCUT2D eigenvalue weighted by molar-refractivity contribution is 0.306. The van der Waals surface area contributed by atoms with Gasteiger partial charge in [0.25, 0.3) is 0 Å². The highest BCUT2D eigenvalue weighted by Gasteiger charge is 2.03. The van der Waals surface area contributed by atoms with Crippen LogP contribution >= 0.6 is 15.9 Å². The molecule has 0 spiro atoms. The number of nitrogens with two attached hydrogens (primary N) is 1. The van der Waals surface area contributed by atoms with E-state index in [9.17, 15) is 0 Å². The van der Waals surface area contributed by atoms with Crippen molar-refractivity contribution in [3.63, 3.8) is 0 Å². The standard InChI is InChI=1S/C16H17BrN2O2/c1-20-15-7-4-12(8-14(15)17)10-21-13-5-2-11(3-6-13)9-16(18)19/h2-8H,9-10H2,1H3,(H3,18,19). The maximum absolute atomic E-state index is 7.26. The molecule has 2 aromatic carbocycles. The van der Waals surface area contributed by atoms with Gasteiger partial charge in [-0.15, -0.1) is 0 Å². The van der Waals surface area contributed by atoms with Gasteiger partial charge in [0.05, 0.1) is 17.4 Å². The molecule has 0 aliphatic carbocycles. The first-order valence-electron chi connectivity index (χ1n) is 6.45. The summed E-state index contributed by atoms with van der Waals surface area (Å²) in [5, 5.41) is 7.26. The average Bonchev–Trinajstić information content (AvgIpc) is 2.46. The summed E-state index contributed by atoms with van der Waals surface area (Å²) in [6, 6.07) is 13.4. The topological polar surface area (TPSA) is 68.3 Å². The van der Waals surface area contributed by atoms with E-state index in [4.69, 9.17) is 20.6 Å². The van der Waals surface area contributed by atoms with E-state index < -0.39 is 0 Å². The van der Waals surface area contributed by atoms with E-state index in [1.807, 2.05) is 42.5 Å². The quantitative estimate of drug-likeness (QED) is 0.619. The molecule has 0 atom stereocenters. The number of nitrogens with one attached hydrogen (secondary N) is 1. The van der Waals surface area contributed by atoms with Gasteiger partial charge in [-0.25, -0.2) is 0 Å². The summed E-state index contributed by atoms with van der Waals surface area (Å²) in [5.41, 5.74) is 7.43. The Morgan fingerprint density at radius 1 is 1.14 bits per heavy atom. The Kier molecular flexibility index (Phi) is 5.22. The fourth-order valence-electron chi connectivity index (χ4n) is 1.89. The highest BCUT2D eigenvalue weighted by Crippen LogP contribution is 2.26. The largest absolute Gasteiger partial charge is 0.496 e. The number of ether oxygens (including phenoxy) is 2. The van der Waals surface area contributed by atoms with E-state index in [2.05, 4.69) is 15.9 Å². The summed E-state index contributed by atoms with van der Waals surface area (Å²) in [7, 11) is 1.64. The Labute approximate surface area is 132 Å². The lowest BCUT2D eigenvalue weighted by Gasteiger charge is -2.09. The second-order valence-electron chi connectivity index (χ2n) is 4.60. The number of halogens is 1. The van der Waals surface area contributed by atoms with Crippen LogP contribution in [0.15, 0.2) is 46.9 Å². The van der Waals surface area contributed by atoms with Crippen molar-refractivity contribution in [1.29, 1.82) is 5.41 Å². The highest BCUT2D eigenvalue weighted by molar-refractivity contribution is 9.10. The monoisotopic (exact) mass is 348 g/mol. The SMILES string of the molecule is COc1ccc(COc2ccc(CC(=N)N)cc2)cc1Br. The van der Waals surface area contributed by atoms with Gasteiger partial charge in [-0.3, -0.25) is 5.41 Å². The Hall–Kier alpha value is -2.01. The molecule has 0 amide bonds. The summed E-state index contributed by atoms with van der Waals surface area (Å²) < 4.78 is 11.8. The Balaban J connectivity index is 1.96. The molecule has 0 aliphatic heterocycles. The molecule has 0 bridgehead atoms. The third kappa shape index (κ3) is 4.49. The molecule has 21 heavy (non-hydrogen) atoms. The molecule has 2 rings (SSSR count). The van der Waals surface area contributed by atoms with Crippen molar-refractivity contribution in [3.8, 4) is 11.5 Å². The average molecular weight is 349 g/mol. The van der Waals surface area contributed by atoms with Gasteiger partial charge < -0.3 is 15.2 Å². The number of methoxy groups -OCH3 is 1. The summed E-state index contributed by atoms with van der Waals surface area (Å²) in [6.07, 6.45) is 0.464.